The third-order valence-corrected chi connectivity index (χ3v) is 3.54. The highest BCUT2D eigenvalue weighted by Crippen LogP contribution is 2.21. The molecule has 0 aliphatic heterocycles. The van der Waals surface area contributed by atoms with Gasteiger partial charge in [-0.25, -0.2) is 4.98 Å². The van der Waals surface area contributed by atoms with Crippen LogP contribution in [0.4, 0.5) is 23.1 Å². The number of anilines is 4. The predicted molar refractivity (Wildman–Crippen MR) is 94.4 cm³/mol. The Morgan fingerprint density at radius 1 is 1.00 bits per heavy atom. The van der Waals surface area contributed by atoms with E-state index < -0.39 is 0 Å². The van der Waals surface area contributed by atoms with Crippen molar-refractivity contribution in [3.05, 3.63) is 36.0 Å². The quantitative estimate of drug-likeness (QED) is 0.885. The Labute approximate surface area is 133 Å². The van der Waals surface area contributed by atoms with Crippen molar-refractivity contribution in [3.8, 4) is 0 Å². The summed E-state index contributed by atoms with van der Waals surface area (Å²) < 4.78 is 0. The van der Waals surface area contributed by atoms with Gasteiger partial charge in [-0.05, 0) is 45.0 Å². The number of hydrogen-bond acceptors (Lipinski definition) is 5. The smallest absolute Gasteiger partial charge is 0.227 e. The van der Waals surface area contributed by atoms with Crippen LogP contribution in [0.15, 0.2) is 30.3 Å². The number of rotatable bonds is 6. The zero-order valence-corrected chi connectivity index (χ0v) is 14.1. The summed E-state index contributed by atoms with van der Waals surface area (Å²) in [7, 11) is 4.07. The highest BCUT2D eigenvalue weighted by Gasteiger charge is 2.08. The molecule has 0 spiro atoms. The molecule has 0 fully saturated rings. The Kier molecular flexibility index (Phi) is 5.20. The van der Waals surface area contributed by atoms with Crippen molar-refractivity contribution in [1.82, 2.24) is 9.97 Å². The van der Waals surface area contributed by atoms with E-state index in [-0.39, 0.29) is 0 Å². The van der Waals surface area contributed by atoms with Crippen LogP contribution < -0.4 is 15.1 Å². The number of nitrogens with one attached hydrogen (secondary N) is 1. The highest BCUT2D eigenvalue weighted by molar-refractivity contribution is 5.61. The minimum absolute atomic E-state index is 0.775. The molecule has 0 radical (unpaired) electrons. The van der Waals surface area contributed by atoms with E-state index in [1.54, 1.807) is 0 Å². The Bertz CT molecular complexity index is 603. The lowest BCUT2D eigenvalue weighted by Crippen LogP contribution is -2.24. The van der Waals surface area contributed by atoms with E-state index in [0.717, 1.165) is 36.2 Å². The Morgan fingerprint density at radius 3 is 2.18 bits per heavy atom. The van der Waals surface area contributed by atoms with Gasteiger partial charge in [0, 0.05) is 50.3 Å². The molecule has 2 rings (SSSR count). The topological polar surface area (TPSA) is 44.3 Å². The lowest BCUT2D eigenvalue weighted by Gasteiger charge is -2.20. The molecule has 5 heteroatoms. The second kappa shape index (κ2) is 7.11. The summed E-state index contributed by atoms with van der Waals surface area (Å²) in [5.41, 5.74) is 3.16. The van der Waals surface area contributed by atoms with Gasteiger partial charge in [-0.3, -0.25) is 0 Å². The lowest BCUT2D eigenvalue weighted by molar-refractivity contribution is 0.817. The zero-order chi connectivity index (χ0) is 16.1. The molecule has 1 aromatic heterocycles. The van der Waals surface area contributed by atoms with Gasteiger partial charge in [0.15, 0.2) is 0 Å². The molecule has 1 N–H and O–H groups in total. The lowest BCUT2D eigenvalue weighted by atomic mass is 10.2. The van der Waals surface area contributed by atoms with Crippen LogP contribution >= 0.6 is 0 Å². The second-order valence-corrected chi connectivity index (χ2v) is 5.43. The van der Waals surface area contributed by atoms with Gasteiger partial charge in [-0.1, -0.05) is 0 Å². The molecule has 5 nitrogen and oxygen atoms in total. The standard InChI is InChI=1S/C17H25N5/c1-6-22(7-2)17-18-13(3)12-16(20-17)19-14-8-10-15(11-9-14)21(4)5/h8-12H,6-7H2,1-5H3,(H,18,19,20). The highest BCUT2D eigenvalue weighted by atomic mass is 15.3. The SMILES string of the molecule is CCN(CC)c1nc(C)cc(Nc2ccc(N(C)C)cc2)n1. The maximum atomic E-state index is 4.62. The molecular weight excluding hydrogens is 274 g/mol. The van der Waals surface area contributed by atoms with Crippen molar-refractivity contribution in [3.63, 3.8) is 0 Å². The van der Waals surface area contributed by atoms with Gasteiger partial charge in [-0.2, -0.15) is 4.98 Å². The fourth-order valence-corrected chi connectivity index (χ4v) is 2.26. The van der Waals surface area contributed by atoms with E-state index in [0.29, 0.717) is 0 Å². The monoisotopic (exact) mass is 299 g/mol. The van der Waals surface area contributed by atoms with Crippen molar-refractivity contribution >= 4 is 23.1 Å². The molecule has 1 aromatic carbocycles. The van der Waals surface area contributed by atoms with Gasteiger partial charge < -0.3 is 15.1 Å². The molecule has 0 atom stereocenters. The van der Waals surface area contributed by atoms with Gasteiger partial charge in [0.05, 0.1) is 0 Å². The van der Waals surface area contributed by atoms with Crippen LogP contribution in [0.2, 0.25) is 0 Å². The van der Waals surface area contributed by atoms with E-state index in [4.69, 9.17) is 0 Å². The average Bonchev–Trinajstić information content (AvgIpc) is 2.48. The number of aromatic nitrogens is 2. The molecule has 0 amide bonds. The third kappa shape index (κ3) is 3.87. The Balaban J connectivity index is 2.22. The second-order valence-electron chi connectivity index (χ2n) is 5.43. The van der Waals surface area contributed by atoms with Crippen LogP contribution in [0.5, 0.6) is 0 Å². The summed E-state index contributed by atoms with van der Waals surface area (Å²) in [5.74, 6) is 1.60. The van der Waals surface area contributed by atoms with Gasteiger partial charge in [0.2, 0.25) is 5.95 Å². The number of benzene rings is 1. The van der Waals surface area contributed by atoms with Gasteiger partial charge >= 0.3 is 0 Å². The van der Waals surface area contributed by atoms with E-state index in [1.807, 2.05) is 27.1 Å². The largest absolute Gasteiger partial charge is 0.378 e. The molecule has 0 saturated carbocycles. The zero-order valence-electron chi connectivity index (χ0n) is 14.1. The van der Waals surface area contributed by atoms with Crippen LogP contribution in [0.25, 0.3) is 0 Å². The van der Waals surface area contributed by atoms with E-state index in [2.05, 4.69) is 63.2 Å². The van der Waals surface area contributed by atoms with Crippen LogP contribution in [-0.2, 0) is 0 Å². The van der Waals surface area contributed by atoms with Gasteiger partial charge in [0.25, 0.3) is 0 Å². The molecule has 22 heavy (non-hydrogen) atoms. The molecule has 0 bridgehead atoms. The molecule has 0 aliphatic carbocycles. The maximum absolute atomic E-state index is 4.62. The number of nitrogens with zero attached hydrogens (tertiary/aromatic N) is 4. The first-order chi connectivity index (χ1) is 10.5. The van der Waals surface area contributed by atoms with Crippen LogP contribution in [0.3, 0.4) is 0 Å². The molecule has 0 unspecified atom stereocenters. The Morgan fingerprint density at radius 2 is 1.64 bits per heavy atom. The van der Waals surface area contributed by atoms with E-state index >= 15 is 0 Å². The maximum Gasteiger partial charge on any atom is 0.227 e. The first kappa shape index (κ1) is 16.1. The van der Waals surface area contributed by atoms with E-state index in [1.165, 1.54) is 5.69 Å². The molecule has 2 aromatic rings. The predicted octanol–water partition coefficient (Wildman–Crippen LogP) is 3.44. The van der Waals surface area contributed by atoms with Crippen molar-refractivity contribution < 1.29 is 0 Å². The fourth-order valence-electron chi connectivity index (χ4n) is 2.26. The van der Waals surface area contributed by atoms with Crippen LogP contribution in [0.1, 0.15) is 19.5 Å². The summed E-state index contributed by atoms with van der Waals surface area (Å²) >= 11 is 0. The first-order valence-corrected chi connectivity index (χ1v) is 7.68. The van der Waals surface area contributed by atoms with E-state index in [9.17, 15) is 0 Å². The summed E-state index contributed by atoms with van der Waals surface area (Å²) in [6, 6.07) is 10.3. The molecular formula is C17H25N5. The van der Waals surface area contributed by atoms with Crippen LogP contribution in [0, 0.1) is 6.92 Å². The van der Waals surface area contributed by atoms with Gasteiger partial charge in [0.1, 0.15) is 5.82 Å². The number of aryl methyl sites for hydroxylation is 1. The molecule has 118 valence electrons. The van der Waals surface area contributed by atoms with Crippen LogP contribution in [-0.4, -0.2) is 37.2 Å². The first-order valence-electron chi connectivity index (χ1n) is 7.68. The summed E-state index contributed by atoms with van der Waals surface area (Å²) in [6.07, 6.45) is 0. The van der Waals surface area contributed by atoms with Crippen molar-refractivity contribution in [2.75, 3.05) is 42.3 Å². The van der Waals surface area contributed by atoms with Crippen molar-refractivity contribution in [1.29, 1.82) is 0 Å². The summed E-state index contributed by atoms with van der Waals surface area (Å²) in [6.45, 7) is 8.02. The average molecular weight is 299 g/mol. The number of hydrogen-bond donors (Lipinski definition) is 1. The van der Waals surface area contributed by atoms with Crippen molar-refractivity contribution in [2.45, 2.75) is 20.8 Å². The summed E-state index contributed by atoms with van der Waals surface area (Å²) in [4.78, 5) is 13.4. The Hall–Kier alpha value is -2.30. The molecule has 1 heterocycles. The fraction of sp³-hybridized carbons (Fsp3) is 0.412. The van der Waals surface area contributed by atoms with Gasteiger partial charge in [-0.15, -0.1) is 0 Å². The molecule has 0 saturated heterocycles. The summed E-state index contributed by atoms with van der Waals surface area (Å²) in [5, 5.41) is 3.36. The third-order valence-electron chi connectivity index (χ3n) is 3.54. The minimum atomic E-state index is 0.775. The normalized spacial score (nSPS) is 10.4. The van der Waals surface area contributed by atoms with Crippen molar-refractivity contribution in [2.24, 2.45) is 0 Å². The minimum Gasteiger partial charge on any atom is -0.378 e. The molecule has 0 aliphatic rings.